The van der Waals surface area contributed by atoms with Crippen molar-refractivity contribution in [1.29, 1.82) is 0 Å². The molecule has 2 heterocycles. The molecule has 1 aromatic carbocycles. The zero-order chi connectivity index (χ0) is 20.5. The van der Waals surface area contributed by atoms with Crippen LogP contribution < -0.4 is 10.1 Å². The number of alkyl halides is 6. The van der Waals surface area contributed by atoms with Gasteiger partial charge in [-0.1, -0.05) is 12.1 Å². The molecule has 12 heteroatoms. The van der Waals surface area contributed by atoms with Crippen LogP contribution in [0.2, 0.25) is 0 Å². The molecule has 0 aliphatic carbocycles. The molecule has 2 aromatic heterocycles. The second-order valence-corrected chi connectivity index (χ2v) is 5.85. The summed E-state index contributed by atoms with van der Waals surface area (Å²) in [4.78, 5) is 7.01. The van der Waals surface area contributed by atoms with Gasteiger partial charge in [0.1, 0.15) is 24.5 Å². The third kappa shape index (κ3) is 4.26. The quantitative estimate of drug-likeness (QED) is 0.649. The third-order valence-electron chi connectivity index (χ3n) is 3.62. The Morgan fingerprint density at radius 2 is 1.82 bits per heavy atom. The second-order valence-electron chi connectivity index (χ2n) is 5.85. The van der Waals surface area contributed by atoms with E-state index in [0.29, 0.717) is 0 Å². The Morgan fingerprint density at radius 1 is 1.11 bits per heavy atom. The van der Waals surface area contributed by atoms with Crippen molar-refractivity contribution >= 4 is 11.6 Å². The molecule has 0 spiro atoms. The Kier molecular flexibility index (Phi) is 5.04. The molecule has 1 N–H and O–H groups in total. The van der Waals surface area contributed by atoms with Crippen LogP contribution in [0.3, 0.4) is 0 Å². The maximum absolute atomic E-state index is 13.0. The SMILES string of the molecule is CC(COc1ccccc1C(F)(F)F)Nc1cc(C(F)(F)F)nc2ncnn12. The number of fused-ring (bicyclic) bond motifs is 1. The van der Waals surface area contributed by atoms with Crippen molar-refractivity contribution in [2.45, 2.75) is 25.3 Å². The number of nitrogens with zero attached hydrogens (tertiary/aromatic N) is 4. The Morgan fingerprint density at radius 3 is 2.50 bits per heavy atom. The number of hydrogen-bond acceptors (Lipinski definition) is 5. The highest BCUT2D eigenvalue weighted by molar-refractivity contribution is 5.46. The van der Waals surface area contributed by atoms with Crippen molar-refractivity contribution in [3.8, 4) is 5.75 Å². The molecule has 0 aliphatic rings. The minimum atomic E-state index is -4.70. The zero-order valence-electron chi connectivity index (χ0n) is 14.2. The molecule has 3 rings (SSSR count). The van der Waals surface area contributed by atoms with Crippen LogP contribution in [0.15, 0.2) is 36.7 Å². The summed E-state index contributed by atoms with van der Waals surface area (Å²) in [5, 5.41) is 6.51. The lowest BCUT2D eigenvalue weighted by atomic mass is 10.2. The Hall–Kier alpha value is -3.05. The number of benzene rings is 1. The van der Waals surface area contributed by atoms with Gasteiger partial charge in [-0.3, -0.25) is 0 Å². The first-order chi connectivity index (χ1) is 13.1. The summed E-state index contributed by atoms with van der Waals surface area (Å²) < 4.78 is 84.2. The molecule has 6 nitrogen and oxygen atoms in total. The van der Waals surface area contributed by atoms with E-state index in [-0.39, 0.29) is 24.0 Å². The molecule has 0 fully saturated rings. The lowest BCUT2D eigenvalue weighted by Crippen LogP contribution is -2.26. The number of nitrogens with one attached hydrogen (secondary N) is 1. The summed E-state index contributed by atoms with van der Waals surface area (Å²) in [5.41, 5.74) is -2.12. The Balaban J connectivity index is 1.78. The molecular formula is C16H13F6N5O. The normalized spacial score (nSPS) is 13.5. The number of aromatic nitrogens is 4. The Bertz CT molecular complexity index is 968. The van der Waals surface area contributed by atoms with Gasteiger partial charge in [-0.2, -0.15) is 40.9 Å². The molecule has 0 saturated heterocycles. The molecule has 1 atom stereocenters. The van der Waals surface area contributed by atoms with E-state index in [2.05, 4.69) is 20.4 Å². The summed E-state index contributed by atoms with van der Waals surface area (Å²) in [7, 11) is 0. The first-order valence-corrected chi connectivity index (χ1v) is 7.89. The van der Waals surface area contributed by atoms with Crippen molar-refractivity contribution in [3.05, 3.63) is 47.9 Å². The molecule has 1 unspecified atom stereocenters. The van der Waals surface area contributed by atoms with E-state index in [4.69, 9.17) is 4.74 Å². The molecule has 0 aliphatic heterocycles. The molecule has 0 bridgehead atoms. The number of rotatable bonds is 5. The lowest BCUT2D eigenvalue weighted by Gasteiger charge is -2.19. The lowest BCUT2D eigenvalue weighted by molar-refractivity contribution is -0.141. The van der Waals surface area contributed by atoms with Gasteiger partial charge >= 0.3 is 12.4 Å². The largest absolute Gasteiger partial charge is 0.491 e. The van der Waals surface area contributed by atoms with Crippen LogP contribution in [0.25, 0.3) is 5.78 Å². The van der Waals surface area contributed by atoms with Crippen LogP contribution in [-0.4, -0.2) is 32.2 Å². The third-order valence-corrected chi connectivity index (χ3v) is 3.62. The van der Waals surface area contributed by atoms with Gasteiger partial charge in [0, 0.05) is 6.07 Å². The molecule has 0 radical (unpaired) electrons. The van der Waals surface area contributed by atoms with Crippen LogP contribution in [0.4, 0.5) is 32.2 Å². The van der Waals surface area contributed by atoms with E-state index < -0.39 is 29.7 Å². The van der Waals surface area contributed by atoms with E-state index >= 15 is 0 Å². The predicted octanol–water partition coefficient (Wildman–Crippen LogP) is 4.04. The summed E-state index contributed by atoms with van der Waals surface area (Å²) in [6.07, 6.45) is -8.25. The average molecular weight is 405 g/mol. The predicted molar refractivity (Wildman–Crippen MR) is 85.8 cm³/mol. The van der Waals surface area contributed by atoms with Crippen LogP contribution in [0.1, 0.15) is 18.2 Å². The van der Waals surface area contributed by atoms with Crippen LogP contribution >= 0.6 is 0 Å². The fourth-order valence-electron chi connectivity index (χ4n) is 2.40. The highest BCUT2D eigenvalue weighted by Gasteiger charge is 2.35. The number of halogens is 6. The van der Waals surface area contributed by atoms with Crippen molar-refractivity contribution in [2.24, 2.45) is 0 Å². The van der Waals surface area contributed by atoms with E-state index in [1.165, 1.54) is 25.1 Å². The van der Waals surface area contributed by atoms with Crippen molar-refractivity contribution in [3.63, 3.8) is 0 Å². The molecule has 28 heavy (non-hydrogen) atoms. The van der Waals surface area contributed by atoms with Gasteiger partial charge in [0.15, 0.2) is 5.69 Å². The molecule has 0 saturated carbocycles. The van der Waals surface area contributed by atoms with E-state index in [0.717, 1.165) is 23.0 Å². The highest BCUT2D eigenvalue weighted by atomic mass is 19.4. The van der Waals surface area contributed by atoms with Gasteiger partial charge in [-0.15, -0.1) is 0 Å². The fourth-order valence-corrected chi connectivity index (χ4v) is 2.40. The number of ether oxygens (including phenoxy) is 1. The van der Waals surface area contributed by atoms with Crippen molar-refractivity contribution in [2.75, 3.05) is 11.9 Å². The number of anilines is 1. The molecule has 0 amide bonds. The smallest absolute Gasteiger partial charge is 0.433 e. The van der Waals surface area contributed by atoms with Crippen LogP contribution in [0.5, 0.6) is 5.75 Å². The zero-order valence-corrected chi connectivity index (χ0v) is 14.2. The molecular weight excluding hydrogens is 392 g/mol. The van der Waals surface area contributed by atoms with Crippen LogP contribution in [0, 0.1) is 0 Å². The first-order valence-electron chi connectivity index (χ1n) is 7.89. The van der Waals surface area contributed by atoms with E-state index in [9.17, 15) is 26.3 Å². The minimum Gasteiger partial charge on any atom is -0.491 e. The van der Waals surface area contributed by atoms with Gasteiger partial charge in [-0.05, 0) is 19.1 Å². The summed E-state index contributed by atoms with van der Waals surface area (Å²) >= 11 is 0. The van der Waals surface area contributed by atoms with Crippen molar-refractivity contribution in [1.82, 2.24) is 19.6 Å². The van der Waals surface area contributed by atoms with Gasteiger partial charge in [0.2, 0.25) is 0 Å². The first kappa shape index (κ1) is 19.7. The standard InChI is InChI=1S/C16H13F6N5O/c1-9(7-28-11-5-3-2-4-10(11)15(17,18)19)25-13-6-12(16(20,21)22)26-14-23-8-24-27(13)14/h2-6,8-9,25H,7H2,1H3. The topological polar surface area (TPSA) is 64.3 Å². The molecule has 3 aromatic rings. The monoisotopic (exact) mass is 405 g/mol. The van der Waals surface area contributed by atoms with Gasteiger partial charge < -0.3 is 10.1 Å². The molecule has 150 valence electrons. The van der Waals surface area contributed by atoms with Gasteiger partial charge in [0.25, 0.3) is 5.78 Å². The fraction of sp³-hybridized carbons (Fsp3) is 0.312. The van der Waals surface area contributed by atoms with Crippen LogP contribution in [-0.2, 0) is 12.4 Å². The van der Waals surface area contributed by atoms with Crippen molar-refractivity contribution < 1.29 is 31.1 Å². The minimum absolute atomic E-state index is 0.0740. The summed E-state index contributed by atoms with van der Waals surface area (Å²) in [6.45, 7) is 1.29. The second kappa shape index (κ2) is 7.17. The summed E-state index contributed by atoms with van der Waals surface area (Å²) in [6, 6.07) is 4.75. The van der Waals surface area contributed by atoms with Gasteiger partial charge in [-0.25, -0.2) is 4.98 Å². The van der Waals surface area contributed by atoms with E-state index in [1.54, 1.807) is 0 Å². The maximum Gasteiger partial charge on any atom is 0.433 e. The number of para-hydroxylation sites is 1. The highest BCUT2D eigenvalue weighted by Crippen LogP contribution is 2.36. The average Bonchev–Trinajstić information content (AvgIpc) is 3.07. The Labute approximate surface area is 154 Å². The number of hydrogen-bond donors (Lipinski definition) is 1. The van der Waals surface area contributed by atoms with Gasteiger partial charge in [0.05, 0.1) is 11.6 Å². The maximum atomic E-state index is 13.0. The summed E-state index contributed by atoms with van der Waals surface area (Å²) in [5.74, 6) is -0.719. The van der Waals surface area contributed by atoms with E-state index in [1.807, 2.05) is 0 Å².